The molecular formula is C23H20N2OS2. The highest BCUT2D eigenvalue weighted by Crippen LogP contribution is 2.37. The number of likely N-dealkylation sites (N-methyl/N-ethyl adjacent to an activating group) is 1. The zero-order valence-electron chi connectivity index (χ0n) is 15.5. The number of nitrogens with zero attached hydrogens (tertiary/aromatic N) is 2. The van der Waals surface area contributed by atoms with Crippen LogP contribution in [0.3, 0.4) is 0 Å². The van der Waals surface area contributed by atoms with Crippen molar-refractivity contribution in [3.63, 3.8) is 0 Å². The van der Waals surface area contributed by atoms with Crippen molar-refractivity contribution in [1.29, 1.82) is 0 Å². The molecule has 1 aromatic heterocycles. The van der Waals surface area contributed by atoms with Gasteiger partial charge in [-0.05, 0) is 29.8 Å². The van der Waals surface area contributed by atoms with Crippen LogP contribution in [0.4, 0.5) is 0 Å². The van der Waals surface area contributed by atoms with Gasteiger partial charge in [0.2, 0.25) is 5.91 Å². The zero-order chi connectivity index (χ0) is 19.3. The Labute approximate surface area is 173 Å². The van der Waals surface area contributed by atoms with Gasteiger partial charge in [-0.2, -0.15) is 0 Å². The van der Waals surface area contributed by atoms with E-state index in [0.29, 0.717) is 6.54 Å². The number of para-hydroxylation sites is 1. The van der Waals surface area contributed by atoms with Crippen LogP contribution in [0.1, 0.15) is 15.8 Å². The van der Waals surface area contributed by atoms with Crippen LogP contribution in [0.25, 0.3) is 10.2 Å². The summed E-state index contributed by atoms with van der Waals surface area (Å²) in [5, 5.41) is 0.663. The quantitative estimate of drug-likeness (QED) is 0.382. The summed E-state index contributed by atoms with van der Waals surface area (Å²) in [6, 6.07) is 28.1. The molecule has 0 N–H and O–H groups in total. The Morgan fingerprint density at radius 2 is 1.61 bits per heavy atom. The Balaban J connectivity index is 1.57. The van der Waals surface area contributed by atoms with E-state index in [9.17, 15) is 4.79 Å². The van der Waals surface area contributed by atoms with E-state index in [1.165, 1.54) is 0 Å². The van der Waals surface area contributed by atoms with Gasteiger partial charge in [-0.15, -0.1) is 23.1 Å². The number of thioether (sulfide) groups is 1. The topological polar surface area (TPSA) is 33.2 Å². The van der Waals surface area contributed by atoms with Crippen LogP contribution in [-0.2, 0) is 11.3 Å². The Morgan fingerprint density at radius 3 is 2.32 bits per heavy atom. The summed E-state index contributed by atoms with van der Waals surface area (Å²) in [6.07, 6.45) is 0. The molecule has 140 valence electrons. The highest BCUT2D eigenvalue weighted by Gasteiger charge is 2.25. The van der Waals surface area contributed by atoms with Gasteiger partial charge in [0, 0.05) is 11.9 Å². The number of hydrogen-bond donors (Lipinski definition) is 0. The maximum absolute atomic E-state index is 13.3. The minimum atomic E-state index is -0.289. The minimum Gasteiger partial charge on any atom is -0.338 e. The van der Waals surface area contributed by atoms with Crippen molar-refractivity contribution in [2.24, 2.45) is 0 Å². The number of carbonyl (C=O) groups excluding carboxylic acids is 1. The van der Waals surface area contributed by atoms with Crippen LogP contribution in [0.5, 0.6) is 0 Å². The van der Waals surface area contributed by atoms with Crippen LogP contribution in [0, 0.1) is 0 Å². The number of carbonyl (C=O) groups is 1. The Kier molecular flexibility index (Phi) is 5.74. The largest absolute Gasteiger partial charge is 0.338 e. The van der Waals surface area contributed by atoms with Crippen LogP contribution in [0.2, 0.25) is 0 Å². The number of benzene rings is 3. The molecule has 4 aromatic rings. The van der Waals surface area contributed by atoms with Crippen molar-refractivity contribution < 1.29 is 4.79 Å². The number of fused-ring (bicyclic) bond motifs is 1. The van der Waals surface area contributed by atoms with E-state index in [1.54, 1.807) is 28.0 Å². The van der Waals surface area contributed by atoms with Gasteiger partial charge in [0.1, 0.15) is 10.3 Å². The lowest BCUT2D eigenvalue weighted by molar-refractivity contribution is -0.129. The molecule has 3 aromatic carbocycles. The molecule has 1 unspecified atom stereocenters. The molecule has 4 rings (SSSR count). The lowest BCUT2D eigenvalue weighted by atomic mass is 10.1. The molecule has 5 heteroatoms. The highest BCUT2D eigenvalue weighted by atomic mass is 32.2. The monoisotopic (exact) mass is 404 g/mol. The molecule has 1 heterocycles. The number of aromatic nitrogens is 1. The molecule has 0 aliphatic heterocycles. The molecule has 0 spiro atoms. The molecule has 0 bridgehead atoms. The van der Waals surface area contributed by atoms with E-state index in [0.717, 1.165) is 25.7 Å². The maximum Gasteiger partial charge on any atom is 0.240 e. The van der Waals surface area contributed by atoms with Gasteiger partial charge in [0.15, 0.2) is 0 Å². The second-order valence-corrected chi connectivity index (χ2v) is 8.78. The summed E-state index contributed by atoms with van der Waals surface area (Å²) in [6.45, 7) is 0.511. The van der Waals surface area contributed by atoms with Crippen molar-refractivity contribution >= 4 is 39.2 Å². The van der Waals surface area contributed by atoms with Crippen LogP contribution >= 0.6 is 23.1 Å². The first kappa shape index (κ1) is 18.7. The van der Waals surface area contributed by atoms with E-state index in [-0.39, 0.29) is 11.2 Å². The summed E-state index contributed by atoms with van der Waals surface area (Å²) in [5.41, 5.74) is 2.00. The van der Waals surface area contributed by atoms with Gasteiger partial charge in [-0.3, -0.25) is 4.79 Å². The summed E-state index contributed by atoms with van der Waals surface area (Å²) >= 11 is 3.23. The SMILES string of the molecule is CN(Cc1nc2ccccc2s1)C(=O)C(Sc1ccccc1)c1ccccc1. The molecule has 0 aliphatic rings. The Hall–Kier alpha value is -2.63. The molecule has 1 amide bonds. The fraction of sp³-hybridized carbons (Fsp3) is 0.130. The van der Waals surface area contributed by atoms with Crippen LogP contribution in [0.15, 0.2) is 89.8 Å². The number of thiazole rings is 1. The average Bonchev–Trinajstić information content (AvgIpc) is 3.15. The van der Waals surface area contributed by atoms with Crippen LogP contribution < -0.4 is 0 Å². The Bertz CT molecular complexity index is 1030. The van der Waals surface area contributed by atoms with Crippen molar-refractivity contribution in [2.45, 2.75) is 16.7 Å². The molecule has 3 nitrogen and oxygen atoms in total. The summed E-state index contributed by atoms with van der Waals surface area (Å²) < 4.78 is 1.15. The molecule has 0 radical (unpaired) electrons. The first-order chi connectivity index (χ1) is 13.7. The van der Waals surface area contributed by atoms with Crippen LogP contribution in [-0.4, -0.2) is 22.8 Å². The second kappa shape index (κ2) is 8.59. The van der Waals surface area contributed by atoms with E-state index in [1.807, 2.05) is 85.9 Å². The third kappa shape index (κ3) is 4.26. The van der Waals surface area contributed by atoms with Gasteiger partial charge < -0.3 is 4.90 Å². The lowest BCUT2D eigenvalue weighted by Gasteiger charge is -2.23. The minimum absolute atomic E-state index is 0.0827. The average molecular weight is 405 g/mol. The van der Waals surface area contributed by atoms with E-state index < -0.39 is 0 Å². The van der Waals surface area contributed by atoms with Gasteiger partial charge in [-0.25, -0.2) is 4.98 Å². The number of rotatable bonds is 6. The second-order valence-electron chi connectivity index (χ2n) is 6.49. The standard InChI is InChI=1S/C23H20N2OS2/c1-25(16-21-24-19-14-8-9-15-20(19)28-21)23(26)22(17-10-4-2-5-11-17)27-18-12-6-3-7-13-18/h2-15,22H,16H2,1H3. The molecule has 0 fully saturated rings. The normalized spacial score (nSPS) is 12.0. The molecule has 0 saturated heterocycles. The van der Waals surface area contributed by atoms with Gasteiger partial charge in [0.25, 0.3) is 0 Å². The van der Waals surface area contributed by atoms with Crippen molar-refractivity contribution in [1.82, 2.24) is 9.88 Å². The summed E-state index contributed by atoms with van der Waals surface area (Å²) in [7, 11) is 1.86. The first-order valence-electron chi connectivity index (χ1n) is 9.07. The highest BCUT2D eigenvalue weighted by molar-refractivity contribution is 8.00. The number of hydrogen-bond acceptors (Lipinski definition) is 4. The fourth-order valence-electron chi connectivity index (χ4n) is 2.99. The predicted octanol–water partition coefficient (Wildman–Crippen LogP) is 5.79. The van der Waals surface area contributed by atoms with Gasteiger partial charge in [-0.1, -0.05) is 60.7 Å². The van der Waals surface area contributed by atoms with Gasteiger partial charge in [0.05, 0.1) is 16.8 Å². The van der Waals surface area contributed by atoms with E-state index in [2.05, 4.69) is 11.1 Å². The molecular weight excluding hydrogens is 384 g/mol. The third-order valence-corrected chi connectivity index (χ3v) is 6.69. The predicted molar refractivity (Wildman–Crippen MR) is 118 cm³/mol. The number of amides is 1. The van der Waals surface area contributed by atoms with Crippen molar-refractivity contribution in [3.8, 4) is 0 Å². The summed E-state index contributed by atoms with van der Waals surface area (Å²) in [5.74, 6) is 0.0827. The third-order valence-electron chi connectivity index (χ3n) is 4.41. The molecule has 0 saturated carbocycles. The smallest absolute Gasteiger partial charge is 0.240 e. The van der Waals surface area contributed by atoms with Crippen molar-refractivity contribution in [3.05, 3.63) is 95.5 Å². The van der Waals surface area contributed by atoms with Crippen molar-refractivity contribution in [2.75, 3.05) is 7.05 Å². The maximum atomic E-state index is 13.3. The molecule has 0 aliphatic carbocycles. The lowest BCUT2D eigenvalue weighted by Crippen LogP contribution is -2.30. The van der Waals surface area contributed by atoms with E-state index >= 15 is 0 Å². The zero-order valence-corrected chi connectivity index (χ0v) is 17.1. The molecule has 1 atom stereocenters. The molecule has 28 heavy (non-hydrogen) atoms. The van der Waals surface area contributed by atoms with Gasteiger partial charge >= 0.3 is 0 Å². The fourth-order valence-corrected chi connectivity index (χ4v) is 5.17. The Morgan fingerprint density at radius 1 is 0.964 bits per heavy atom. The summed E-state index contributed by atoms with van der Waals surface area (Å²) in [4.78, 5) is 20.9. The van der Waals surface area contributed by atoms with E-state index in [4.69, 9.17) is 0 Å². The first-order valence-corrected chi connectivity index (χ1v) is 10.8.